The van der Waals surface area contributed by atoms with Gasteiger partial charge in [0.25, 0.3) is 5.89 Å². The minimum atomic E-state index is -0.0278. The van der Waals surface area contributed by atoms with Gasteiger partial charge in [-0.25, -0.2) is 0 Å². The summed E-state index contributed by atoms with van der Waals surface area (Å²) in [5.74, 6) is 2.72. The Labute approximate surface area is 191 Å². The van der Waals surface area contributed by atoms with E-state index in [2.05, 4.69) is 16.2 Å². The summed E-state index contributed by atoms with van der Waals surface area (Å²) in [5.41, 5.74) is 2.52. The first-order valence-electron chi connectivity index (χ1n) is 11.1. The third-order valence-corrected chi connectivity index (χ3v) is 7.57. The lowest BCUT2D eigenvalue weighted by Gasteiger charge is -2.16. The van der Waals surface area contributed by atoms with Crippen molar-refractivity contribution >= 4 is 17.2 Å². The highest BCUT2D eigenvalue weighted by atomic mass is 32.1. The number of rotatable bonds is 7. The molecule has 0 spiro atoms. The fraction of sp³-hybridized carbons (Fsp3) is 0.458. The average Bonchev–Trinajstić information content (AvgIpc) is 3.55. The molecule has 2 aliphatic rings. The van der Waals surface area contributed by atoms with Gasteiger partial charge in [-0.2, -0.15) is 4.98 Å². The Bertz CT molecular complexity index is 1100. The Morgan fingerprint density at radius 1 is 1.16 bits per heavy atom. The maximum absolute atomic E-state index is 12.6. The van der Waals surface area contributed by atoms with Gasteiger partial charge in [-0.05, 0) is 61.4 Å². The first-order chi connectivity index (χ1) is 15.6. The van der Waals surface area contributed by atoms with Crippen LogP contribution >= 0.6 is 11.3 Å². The SMILES string of the molecule is COc1ccc(CCN2CC(c3noc(-c4cc5c(s4)CCCC5)n3)CC2=O)cc1OC. The van der Waals surface area contributed by atoms with Crippen LogP contribution < -0.4 is 9.47 Å². The van der Waals surface area contributed by atoms with E-state index >= 15 is 0 Å². The molecule has 7 nitrogen and oxygen atoms in total. The van der Waals surface area contributed by atoms with Crippen molar-refractivity contribution in [2.45, 2.75) is 44.4 Å². The largest absolute Gasteiger partial charge is 0.493 e. The highest BCUT2D eigenvalue weighted by Crippen LogP contribution is 2.36. The molecule has 1 unspecified atom stereocenters. The van der Waals surface area contributed by atoms with Crippen molar-refractivity contribution in [1.29, 1.82) is 0 Å². The van der Waals surface area contributed by atoms with Crippen LogP contribution in [0.1, 0.15) is 47.0 Å². The van der Waals surface area contributed by atoms with E-state index in [1.807, 2.05) is 23.1 Å². The summed E-state index contributed by atoms with van der Waals surface area (Å²) in [7, 11) is 3.25. The van der Waals surface area contributed by atoms with Crippen LogP contribution in [0.15, 0.2) is 28.8 Å². The van der Waals surface area contributed by atoms with Crippen molar-refractivity contribution in [3.8, 4) is 22.3 Å². The predicted octanol–water partition coefficient (Wildman–Crippen LogP) is 4.25. The quantitative estimate of drug-likeness (QED) is 0.532. The van der Waals surface area contributed by atoms with E-state index in [1.54, 1.807) is 25.6 Å². The Morgan fingerprint density at radius 3 is 2.81 bits per heavy atom. The molecule has 1 aliphatic carbocycles. The van der Waals surface area contributed by atoms with Crippen LogP contribution in [0.25, 0.3) is 10.8 Å². The summed E-state index contributed by atoms with van der Waals surface area (Å²) in [5, 5.41) is 4.22. The van der Waals surface area contributed by atoms with Gasteiger partial charge in [-0.3, -0.25) is 4.79 Å². The van der Waals surface area contributed by atoms with Crippen LogP contribution in [0, 0.1) is 0 Å². The molecule has 0 saturated carbocycles. The van der Waals surface area contributed by atoms with Crippen LogP contribution in [-0.4, -0.2) is 48.3 Å². The molecular weight excluding hydrogens is 426 g/mol. The molecule has 5 rings (SSSR count). The van der Waals surface area contributed by atoms with Crippen LogP contribution in [0.3, 0.4) is 0 Å². The highest BCUT2D eigenvalue weighted by Gasteiger charge is 2.33. The summed E-state index contributed by atoms with van der Waals surface area (Å²) >= 11 is 1.76. The smallest absolute Gasteiger partial charge is 0.268 e. The van der Waals surface area contributed by atoms with E-state index in [9.17, 15) is 4.79 Å². The summed E-state index contributed by atoms with van der Waals surface area (Å²) < 4.78 is 16.3. The number of likely N-dealkylation sites (tertiary alicyclic amines) is 1. The molecule has 168 valence electrons. The normalized spacial score (nSPS) is 18.1. The molecule has 8 heteroatoms. The summed E-state index contributed by atoms with van der Waals surface area (Å²) in [6.07, 6.45) is 5.96. The molecule has 0 radical (unpaired) electrons. The number of thiophene rings is 1. The zero-order chi connectivity index (χ0) is 22.1. The van der Waals surface area contributed by atoms with Gasteiger partial charge < -0.3 is 18.9 Å². The lowest BCUT2D eigenvalue weighted by molar-refractivity contribution is -0.127. The topological polar surface area (TPSA) is 77.7 Å². The van der Waals surface area contributed by atoms with E-state index in [0.29, 0.717) is 42.7 Å². The minimum Gasteiger partial charge on any atom is -0.493 e. The predicted molar refractivity (Wildman–Crippen MR) is 121 cm³/mol. The molecule has 32 heavy (non-hydrogen) atoms. The van der Waals surface area contributed by atoms with Gasteiger partial charge in [-0.1, -0.05) is 11.2 Å². The maximum atomic E-state index is 12.6. The summed E-state index contributed by atoms with van der Waals surface area (Å²) in [6, 6.07) is 8.06. The van der Waals surface area contributed by atoms with Gasteiger partial charge in [0, 0.05) is 30.3 Å². The van der Waals surface area contributed by atoms with E-state index < -0.39 is 0 Å². The van der Waals surface area contributed by atoms with Crippen LogP contribution in [0.4, 0.5) is 0 Å². The van der Waals surface area contributed by atoms with Gasteiger partial charge in [0.2, 0.25) is 5.91 Å². The van der Waals surface area contributed by atoms with Crippen molar-refractivity contribution < 1.29 is 18.8 Å². The fourth-order valence-electron chi connectivity index (χ4n) is 4.56. The number of carbonyl (C=O) groups excluding carboxylic acids is 1. The first kappa shape index (κ1) is 21.0. The van der Waals surface area contributed by atoms with Crippen molar-refractivity contribution in [3.63, 3.8) is 0 Å². The van der Waals surface area contributed by atoms with Gasteiger partial charge in [0.05, 0.1) is 19.1 Å². The molecule has 1 amide bonds. The molecule has 1 aromatic carbocycles. The molecule has 1 saturated heterocycles. The number of ether oxygens (including phenoxy) is 2. The second-order valence-electron chi connectivity index (χ2n) is 8.40. The van der Waals surface area contributed by atoms with Crippen LogP contribution in [0.2, 0.25) is 0 Å². The fourth-order valence-corrected chi connectivity index (χ4v) is 5.73. The van der Waals surface area contributed by atoms with E-state index in [0.717, 1.165) is 29.7 Å². The average molecular weight is 454 g/mol. The van der Waals surface area contributed by atoms with Gasteiger partial charge in [-0.15, -0.1) is 11.3 Å². The number of hydrogen-bond acceptors (Lipinski definition) is 7. The number of nitrogens with zero attached hydrogens (tertiary/aromatic N) is 3. The number of hydrogen-bond donors (Lipinski definition) is 0. The number of aryl methyl sites for hydroxylation is 2. The summed E-state index contributed by atoms with van der Waals surface area (Å²) in [4.78, 5) is 21.7. The van der Waals surface area contributed by atoms with Gasteiger partial charge >= 0.3 is 0 Å². The lowest BCUT2D eigenvalue weighted by atomic mass is 9.99. The third kappa shape index (κ3) is 4.11. The minimum absolute atomic E-state index is 0.0278. The summed E-state index contributed by atoms with van der Waals surface area (Å²) in [6.45, 7) is 1.26. The second kappa shape index (κ2) is 8.94. The van der Waals surface area contributed by atoms with Crippen molar-refractivity contribution in [2.75, 3.05) is 27.3 Å². The molecule has 0 N–H and O–H groups in total. The Morgan fingerprint density at radius 2 is 2.00 bits per heavy atom. The molecule has 0 bridgehead atoms. The van der Waals surface area contributed by atoms with E-state index in [1.165, 1.54) is 23.3 Å². The number of methoxy groups -OCH3 is 2. The Hall–Kier alpha value is -2.87. The molecule has 3 aromatic rings. The van der Waals surface area contributed by atoms with Crippen molar-refractivity contribution in [1.82, 2.24) is 15.0 Å². The third-order valence-electron chi connectivity index (χ3n) is 6.35. The van der Waals surface area contributed by atoms with Crippen molar-refractivity contribution in [3.05, 3.63) is 46.1 Å². The lowest BCUT2D eigenvalue weighted by Crippen LogP contribution is -2.27. The molecule has 2 aromatic heterocycles. The van der Waals surface area contributed by atoms with Crippen LogP contribution in [0.5, 0.6) is 11.5 Å². The van der Waals surface area contributed by atoms with Gasteiger partial charge in [0.1, 0.15) is 0 Å². The van der Waals surface area contributed by atoms with Gasteiger partial charge in [0.15, 0.2) is 17.3 Å². The Balaban J connectivity index is 1.23. The van der Waals surface area contributed by atoms with E-state index in [4.69, 9.17) is 14.0 Å². The molecule has 1 fully saturated rings. The van der Waals surface area contributed by atoms with Crippen molar-refractivity contribution in [2.24, 2.45) is 0 Å². The molecular formula is C24H27N3O4S. The number of fused-ring (bicyclic) bond motifs is 1. The molecule has 1 atom stereocenters. The number of carbonyl (C=O) groups is 1. The monoisotopic (exact) mass is 453 g/mol. The molecule has 3 heterocycles. The number of benzene rings is 1. The zero-order valence-electron chi connectivity index (χ0n) is 18.4. The first-order valence-corrected chi connectivity index (χ1v) is 11.9. The maximum Gasteiger partial charge on any atom is 0.268 e. The van der Waals surface area contributed by atoms with Crippen LogP contribution in [-0.2, 0) is 24.1 Å². The highest BCUT2D eigenvalue weighted by molar-refractivity contribution is 7.15. The van der Waals surface area contributed by atoms with E-state index in [-0.39, 0.29) is 11.8 Å². The Kier molecular flexibility index (Phi) is 5.87. The standard InChI is InChI=1S/C24H27N3O4S/c1-29-18-8-7-15(11-19(18)30-2)9-10-27-14-17(13-22(27)28)23-25-24(31-26-23)21-12-16-5-3-4-6-20(16)32-21/h7-8,11-12,17H,3-6,9-10,13-14H2,1-2H3. The number of amides is 1. The second-order valence-corrected chi connectivity index (χ2v) is 9.54. The number of aromatic nitrogens is 2. The zero-order valence-corrected chi connectivity index (χ0v) is 19.2. The molecule has 1 aliphatic heterocycles.